The van der Waals surface area contributed by atoms with Gasteiger partial charge in [-0.25, -0.2) is 9.67 Å². The Bertz CT molecular complexity index is 795. The standard InChI is InChI=1S/C18H25N5O2/c1-3-10-23-17(24)8-7-15(20-23)18(25)21-11-5-6-14(13-21)22-12-9-19-16(22)4-2/h7-9,12,14H,3-6,10-11,13H2,1-2H3/t14-/m0/s1. The Kier molecular flexibility index (Phi) is 5.31. The van der Waals surface area contributed by atoms with E-state index < -0.39 is 0 Å². The summed E-state index contributed by atoms with van der Waals surface area (Å²) in [5, 5.41) is 4.25. The average molecular weight is 343 g/mol. The van der Waals surface area contributed by atoms with Crippen molar-refractivity contribution in [3.63, 3.8) is 0 Å². The predicted molar refractivity (Wildman–Crippen MR) is 94.6 cm³/mol. The van der Waals surface area contributed by atoms with Crippen LogP contribution in [-0.4, -0.2) is 43.2 Å². The first kappa shape index (κ1) is 17.4. The van der Waals surface area contributed by atoms with Crippen LogP contribution in [0.15, 0.2) is 29.3 Å². The topological polar surface area (TPSA) is 73.0 Å². The van der Waals surface area contributed by atoms with Gasteiger partial charge in [-0.1, -0.05) is 13.8 Å². The van der Waals surface area contributed by atoms with E-state index in [1.165, 1.54) is 16.8 Å². The molecule has 1 aliphatic heterocycles. The number of imidazole rings is 1. The van der Waals surface area contributed by atoms with Gasteiger partial charge in [0.2, 0.25) is 0 Å². The molecule has 134 valence electrons. The molecule has 7 heteroatoms. The monoisotopic (exact) mass is 343 g/mol. The molecule has 0 bridgehead atoms. The Labute approximate surface area is 147 Å². The molecule has 2 aromatic rings. The van der Waals surface area contributed by atoms with E-state index in [0.717, 1.165) is 38.1 Å². The quantitative estimate of drug-likeness (QED) is 0.831. The number of likely N-dealkylation sites (tertiary alicyclic amines) is 1. The zero-order valence-corrected chi connectivity index (χ0v) is 14.9. The van der Waals surface area contributed by atoms with Gasteiger partial charge in [0, 0.05) is 44.5 Å². The van der Waals surface area contributed by atoms with Gasteiger partial charge in [-0.2, -0.15) is 5.10 Å². The molecule has 3 heterocycles. The highest BCUT2D eigenvalue weighted by atomic mass is 16.2. The number of amides is 1. The fraction of sp³-hybridized carbons (Fsp3) is 0.556. The van der Waals surface area contributed by atoms with Crippen LogP contribution in [0, 0.1) is 0 Å². The van der Waals surface area contributed by atoms with Crippen LogP contribution in [0.3, 0.4) is 0 Å². The SMILES string of the molecule is CCCn1nc(C(=O)N2CCC[C@H](n3ccnc3CC)C2)ccc1=O. The van der Waals surface area contributed by atoms with Crippen LogP contribution in [0.25, 0.3) is 0 Å². The molecular weight excluding hydrogens is 318 g/mol. The van der Waals surface area contributed by atoms with E-state index in [9.17, 15) is 9.59 Å². The van der Waals surface area contributed by atoms with E-state index in [2.05, 4.69) is 21.6 Å². The van der Waals surface area contributed by atoms with Gasteiger partial charge in [0.15, 0.2) is 0 Å². The lowest BCUT2D eigenvalue weighted by Gasteiger charge is -2.34. The van der Waals surface area contributed by atoms with Crippen LogP contribution < -0.4 is 5.56 Å². The number of aromatic nitrogens is 4. The summed E-state index contributed by atoms with van der Waals surface area (Å²) in [6.45, 7) is 5.97. The Morgan fingerprint density at radius 1 is 1.32 bits per heavy atom. The van der Waals surface area contributed by atoms with Crippen molar-refractivity contribution in [1.82, 2.24) is 24.2 Å². The van der Waals surface area contributed by atoms with Gasteiger partial charge in [-0.15, -0.1) is 0 Å². The third-order valence-corrected chi connectivity index (χ3v) is 4.66. The van der Waals surface area contributed by atoms with Crippen molar-refractivity contribution in [2.24, 2.45) is 0 Å². The second kappa shape index (κ2) is 7.63. The summed E-state index contributed by atoms with van der Waals surface area (Å²) >= 11 is 0. The maximum absolute atomic E-state index is 12.9. The van der Waals surface area contributed by atoms with Crippen molar-refractivity contribution in [2.45, 2.75) is 52.1 Å². The Morgan fingerprint density at radius 3 is 2.92 bits per heavy atom. The molecule has 7 nitrogen and oxygen atoms in total. The third kappa shape index (κ3) is 3.65. The lowest BCUT2D eigenvalue weighted by atomic mass is 10.0. The average Bonchev–Trinajstić information content (AvgIpc) is 3.12. The predicted octanol–water partition coefficient (Wildman–Crippen LogP) is 1.89. The van der Waals surface area contributed by atoms with Gasteiger partial charge in [0.05, 0.1) is 6.04 Å². The molecule has 0 N–H and O–H groups in total. The molecule has 3 rings (SSSR count). The van der Waals surface area contributed by atoms with Crippen molar-refractivity contribution in [3.8, 4) is 0 Å². The van der Waals surface area contributed by atoms with E-state index in [4.69, 9.17) is 0 Å². The fourth-order valence-electron chi connectivity index (χ4n) is 3.41. The molecule has 1 aliphatic rings. The van der Waals surface area contributed by atoms with E-state index in [1.807, 2.05) is 24.2 Å². The van der Waals surface area contributed by atoms with Crippen molar-refractivity contribution in [2.75, 3.05) is 13.1 Å². The number of rotatable bonds is 5. The number of hydrogen-bond acceptors (Lipinski definition) is 4. The summed E-state index contributed by atoms with van der Waals surface area (Å²) in [4.78, 5) is 30.9. The van der Waals surface area contributed by atoms with Crippen molar-refractivity contribution >= 4 is 5.91 Å². The summed E-state index contributed by atoms with van der Waals surface area (Å²) in [6, 6.07) is 3.22. The molecule has 0 aromatic carbocycles. The third-order valence-electron chi connectivity index (χ3n) is 4.66. The first-order chi connectivity index (χ1) is 12.1. The number of carbonyl (C=O) groups is 1. The van der Waals surface area contributed by atoms with Crippen LogP contribution in [-0.2, 0) is 13.0 Å². The molecule has 0 aliphatic carbocycles. The van der Waals surface area contributed by atoms with E-state index >= 15 is 0 Å². The van der Waals surface area contributed by atoms with Crippen LogP contribution >= 0.6 is 0 Å². The largest absolute Gasteiger partial charge is 0.335 e. The Morgan fingerprint density at radius 2 is 2.16 bits per heavy atom. The molecule has 1 atom stereocenters. The van der Waals surface area contributed by atoms with Gasteiger partial charge in [0.1, 0.15) is 11.5 Å². The molecule has 0 unspecified atom stereocenters. The number of carbonyl (C=O) groups excluding carboxylic acids is 1. The molecule has 1 saturated heterocycles. The smallest absolute Gasteiger partial charge is 0.274 e. The first-order valence-corrected chi connectivity index (χ1v) is 9.03. The van der Waals surface area contributed by atoms with Crippen LogP contribution in [0.4, 0.5) is 0 Å². The zero-order valence-electron chi connectivity index (χ0n) is 14.9. The van der Waals surface area contributed by atoms with Gasteiger partial charge in [-0.3, -0.25) is 9.59 Å². The molecular formula is C18H25N5O2. The molecule has 0 spiro atoms. The lowest BCUT2D eigenvalue weighted by molar-refractivity contribution is 0.0669. The van der Waals surface area contributed by atoms with E-state index in [-0.39, 0.29) is 17.5 Å². The first-order valence-electron chi connectivity index (χ1n) is 9.03. The Balaban J connectivity index is 1.78. The highest BCUT2D eigenvalue weighted by molar-refractivity contribution is 5.92. The maximum atomic E-state index is 12.9. The lowest BCUT2D eigenvalue weighted by Crippen LogP contribution is -2.42. The molecule has 0 saturated carbocycles. The fourth-order valence-corrected chi connectivity index (χ4v) is 3.41. The normalized spacial score (nSPS) is 17.7. The molecule has 1 fully saturated rings. The minimum Gasteiger partial charge on any atom is -0.335 e. The zero-order chi connectivity index (χ0) is 17.8. The van der Waals surface area contributed by atoms with Crippen molar-refractivity contribution in [3.05, 3.63) is 46.4 Å². The Hall–Kier alpha value is -2.44. The second-order valence-corrected chi connectivity index (χ2v) is 6.43. The van der Waals surface area contributed by atoms with Crippen LogP contribution in [0.2, 0.25) is 0 Å². The number of aryl methyl sites for hydroxylation is 2. The number of piperidine rings is 1. The summed E-state index contributed by atoms with van der Waals surface area (Å²) in [5.41, 5.74) is 0.177. The molecule has 2 aromatic heterocycles. The summed E-state index contributed by atoms with van der Waals surface area (Å²) < 4.78 is 3.56. The van der Waals surface area contributed by atoms with E-state index in [0.29, 0.717) is 18.8 Å². The highest BCUT2D eigenvalue weighted by Gasteiger charge is 2.27. The van der Waals surface area contributed by atoms with E-state index in [1.54, 1.807) is 0 Å². The van der Waals surface area contributed by atoms with Gasteiger partial charge in [0.25, 0.3) is 11.5 Å². The van der Waals surface area contributed by atoms with Gasteiger partial charge < -0.3 is 9.47 Å². The summed E-state index contributed by atoms with van der Waals surface area (Å²) in [7, 11) is 0. The van der Waals surface area contributed by atoms with Crippen molar-refractivity contribution in [1.29, 1.82) is 0 Å². The number of hydrogen-bond donors (Lipinski definition) is 0. The highest BCUT2D eigenvalue weighted by Crippen LogP contribution is 2.23. The molecule has 1 amide bonds. The maximum Gasteiger partial charge on any atom is 0.274 e. The molecule has 0 radical (unpaired) electrons. The van der Waals surface area contributed by atoms with Gasteiger partial charge in [-0.05, 0) is 25.3 Å². The van der Waals surface area contributed by atoms with Crippen LogP contribution in [0.1, 0.15) is 55.5 Å². The minimum atomic E-state index is -0.166. The second-order valence-electron chi connectivity index (χ2n) is 6.43. The van der Waals surface area contributed by atoms with Gasteiger partial charge >= 0.3 is 0 Å². The number of nitrogens with zero attached hydrogens (tertiary/aromatic N) is 5. The summed E-state index contributed by atoms with van der Waals surface area (Å²) in [5.74, 6) is 0.946. The van der Waals surface area contributed by atoms with Crippen LogP contribution in [0.5, 0.6) is 0 Å². The minimum absolute atomic E-state index is 0.104. The summed E-state index contributed by atoms with van der Waals surface area (Å²) in [6.07, 6.45) is 7.49. The molecule has 25 heavy (non-hydrogen) atoms. The van der Waals surface area contributed by atoms with Crippen molar-refractivity contribution < 1.29 is 4.79 Å².